The number of urea groups is 1. The largest absolute Gasteiger partial charge is 0.478 e. The molecular weight excluding hydrogens is 460 g/mol. The summed E-state index contributed by atoms with van der Waals surface area (Å²) in [7, 11) is 2.08. The van der Waals surface area contributed by atoms with Gasteiger partial charge in [-0.2, -0.15) is 0 Å². The third-order valence-corrected chi connectivity index (χ3v) is 5.77. The Labute approximate surface area is 202 Å². The van der Waals surface area contributed by atoms with Crippen molar-refractivity contribution in [2.24, 2.45) is 0 Å². The second-order valence-corrected chi connectivity index (χ2v) is 8.36. The van der Waals surface area contributed by atoms with E-state index in [1.807, 2.05) is 23.1 Å². The van der Waals surface area contributed by atoms with Gasteiger partial charge in [0.25, 0.3) is 0 Å². The summed E-state index contributed by atoms with van der Waals surface area (Å²) in [5, 5.41) is 19.3. The Morgan fingerprint density at radius 3 is 2.21 bits per heavy atom. The first-order valence-electron chi connectivity index (χ1n) is 10.8. The fraction of sp³-hybridized carbons (Fsp3) is 0.292. The molecule has 0 unspecified atom stereocenters. The first-order chi connectivity index (χ1) is 16.2. The first-order valence-corrected chi connectivity index (χ1v) is 11.2. The topological polar surface area (TPSA) is 113 Å². The summed E-state index contributed by atoms with van der Waals surface area (Å²) < 4.78 is 0. The van der Waals surface area contributed by atoms with E-state index in [-0.39, 0.29) is 6.03 Å². The number of carbonyl (C=O) groups is 3. The zero-order valence-corrected chi connectivity index (χ0v) is 19.5. The van der Waals surface area contributed by atoms with Gasteiger partial charge in [0.1, 0.15) is 0 Å². The monoisotopic (exact) mass is 486 g/mol. The molecule has 0 aliphatic carbocycles. The van der Waals surface area contributed by atoms with Gasteiger partial charge in [0.2, 0.25) is 0 Å². The van der Waals surface area contributed by atoms with Gasteiger partial charge >= 0.3 is 18.0 Å². The van der Waals surface area contributed by atoms with Crippen LogP contribution in [0.2, 0.25) is 5.02 Å². The van der Waals surface area contributed by atoms with E-state index in [0.29, 0.717) is 17.2 Å². The molecule has 180 valence electrons. The number of hydrogen-bond acceptors (Lipinski definition) is 5. The van der Waals surface area contributed by atoms with Gasteiger partial charge in [0.05, 0.1) is 11.4 Å². The zero-order valence-electron chi connectivity index (χ0n) is 18.8. The predicted molar refractivity (Wildman–Crippen MR) is 131 cm³/mol. The number of likely N-dealkylation sites (N-methyl/N-ethyl adjacent to an activating group) is 1. The second-order valence-electron chi connectivity index (χ2n) is 7.92. The van der Waals surface area contributed by atoms with Crippen LogP contribution in [0.1, 0.15) is 5.56 Å². The molecule has 2 heterocycles. The third kappa shape index (κ3) is 6.72. The molecule has 0 spiro atoms. The number of fused-ring (bicyclic) bond motifs is 1. The molecule has 4 rings (SSSR count). The van der Waals surface area contributed by atoms with Crippen LogP contribution in [0.15, 0.2) is 54.6 Å². The predicted octanol–water partition coefficient (Wildman–Crippen LogP) is 3.53. The molecule has 2 aromatic carbocycles. The van der Waals surface area contributed by atoms with Crippen LogP contribution in [0.5, 0.6) is 0 Å². The molecule has 2 aromatic rings. The molecule has 34 heavy (non-hydrogen) atoms. The standard InChI is InChI=1S/C20H23ClN4O.C4H4O4/c1-23-10-12-24(13-11-23)20(26)22-17-14-16(21)6-7-19(17)25-9-8-15-4-2-3-5-18(15)25;5-3(6)1-2-4(7)8/h2-7,14H,8-13H2,1H3,(H,22,26);1-2H,(H,5,6)(H,7,8). The average molecular weight is 487 g/mol. The number of nitrogens with one attached hydrogen (secondary N) is 1. The van der Waals surface area contributed by atoms with Gasteiger partial charge in [-0.05, 0) is 43.3 Å². The van der Waals surface area contributed by atoms with Gasteiger partial charge < -0.3 is 30.2 Å². The van der Waals surface area contributed by atoms with Crippen molar-refractivity contribution in [1.82, 2.24) is 9.80 Å². The summed E-state index contributed by atoms with van der Waals surface area (Å²) in [6.45, 7) is 4.18. The first kappa shape index (κ1) is 25.1. The van der Waals surface area contributed by atoms with Crippen molar-refractivity contribution in [3.63, 3.8) is 0 Å². The fourth-order valence-corrected chi connectivity index (χ4v) is 3.95. The Morgan fingerprint density at radius 2 is 1.56 bits per heavy atom. The number of benzene rings is 2. The lowest BCUT2D eigenvalue weighted by atomic mass is 10.2. The minimum Gasteiger partial charge on any atom is -0.478 e. The lowest BCUT2D eigenvalue weighted by Crippen LogP contribution is -2.48. The number of rotatable bonds is 4. The van der Waals surface area contributed by atoms with Crippen molar-refractivity contribution >= 4 is 46.6 Å². The summed E-state index contributed by atoms with van der Waals surface area (Å²) in [5.41, 5.74) is 4.28. The van der Waals surface area contributed by atoms with Crippen LogP contribution in [0.25, 0.3) is 0 Å². The highest BCUT2D eigenvalue weighted by Crippen LogP contribution is 2.39. The SMILES string of the molecule is CN1CCN(C(=O)Nc2cc(Cl)ccc2N2CCc3ccccc32)CC1.O=C(O)C=CC(=O)O. The summed E-state index contributed by atoms with van der Waals surface area (Å²) in [5.74, 6) is -2.51. The molecule has 1 fully saturated rings. The van der Waals surface area contributed by atoms with Crippen molar-refractivity contribution in [1.29, 1.82) is 0 Å². The smallest absolute Gasteiger partial charge is 0.328 e. The normalized spacial score (nSPS) is 15.5. The van der Waals surface area contributed by atoms with Crippen LogP contribution < -0.4 is 10.2 Å². The van der Waals surface area contributed by atoms with Crippen molar-refractivity contribution in [2.45, 2.75) is 6.42 Å². The maximum atomic E-state index is 12.7. The molecular formula is C24H27ClN4O5. The molecule has 2 aliphatic rings. The molecule has 1 saturated heterocycles. The van der Waals surface area contributed by atoms with E-state index in [2.05, 4.69) is 46.4 Å². The van der Waals surface area contributed by atoms with E-state index >= 15 is 0 Å². The van der Waals surface area contributed by atoms with E-state index in [0.717, 1.165) is 50.5 Å². The number of amides is 2. The number of nitrogens with zero attached hydrogens (tertiary/aromatic N) is 3. The van der Waals surface area contributed by atoms with Crippen LogP contribution >= 0.6 is 11.6 Å². The zero-order chi connectivity index (χ0) is 24.7. The Morgan fingerprint density at radius 1 is 0.912 bits per heavy atom. The number of carboxylic acids is 2. The lowest BCUT2D eigenvalue weighted by Gasteiger charge is -2.33. The molecule has 2 amide bonds. The van der Waals surface area contributed by atoms with Gasteiger partial charge in [-0.15, -0.1) is 0 Å². The minimum absolute atomic E-state index is 0.0610. The van der Waals surface area contributed by atoms with Crippen molar-refractivity contribution in [3.05, 3.63) is 65.2 Å². The number of hydrogen-bond donors (Lipinski definition) is 3. The third-order valence-electron chi connectivity index (χ3n) is 5.54. The fourth-order valence-electron chi connectivity index (χ4n) is 3.78. The molecule has 0 bridgehead atoms. The van der Waals surface area contributed by atoms with Gasteiger partial charge in [0, 0.05) is 55.6 Å². The van der Waals surface area contributed by atoms with Crippen LogP contribution in [-0.2, 0) is 16.0 Å². The summed E-state index contributed by atoms with van der Waals surface area (Å²) in [4.78, 5) is 38.2. The van der Waals surface area contributed by atoms with Crippen molar-refractivity contribution in [3.8, 4) is 0 Å². The highest BCUT2D eigenvalue weighted by molar-refractivity contribution is 6.31. The summed E-state index contributed by atoms with van der Waals surface area (Å²) in [6, 6.07) is 14.1. The number of anilines is 3. The quantitative estimate of drug-likeness (QED) is 0.566. The van der Waals surface area contributed by atoms with Crippen LogP contribution in [0.4, 0.5) is 21.9 Å². The van der Waals surface area contributed by atoms with Crippen LogP contribution in [0, 0.1) is 0 Å². The van der Waals surface area contributed by atoms with Gasteiger partial charge in [0.15, 0.2) is 0 Å². The maximum absolute atomic E-state index is 12.7. The molecule has 9 nitrogen and oxygen atoms in total. The number of halogens is 1. The van der Waals surface area contributed by atoms with E-state index in [1.54, 1.807) is 0 Å². The molecule has 3 N–H and O–H groups in total. The minimum atomic E-state index is -1.26. The number of carbonyl (C=O) groups excluding carboxylic acids is 1. The Bertz CT molecular complexity index is 1070. The molecule has 0 aromatic heterocycles. The van der Waals surface area contributed by atoms with E-state index in [4.69, 9.17) is 21.8 Å². The lowest BCUT2D eigenvalue weighted by molar-refractivity contribution is -0.134. The number of piperazine rings is 1. The number of carboxylic acid groups (broad SMARTS) is 2. The van der Waals surface area contributed by atoms with Crippen molar-refractivity contribution in [2.75, 3.05) is 50.0 Å². The molecule has 2 aliphatic heterocycles. The van der Waals surface area contributed by atoms with Crippen molar-refractivity contribution < 1.29 is 24.6 Å². The number of aliphatic carboxylic acids is 2. The Hall–Kier alpha value is -3.56. The van der Waals surface area contributed by atoms with Crippen LogP contribution in [-0.4, -0.2) is 77.8 Å². The van der Waals surface area contributed by atoms with Gasteiger partial charge in [-0.1, -0.05) is 29.8 Å². The van der Waals surface area contributed by atoms with E-state index in [1.165, 1.54) is 11.3 Å². The highest BCUT2D eigenvalue weighted by Gasteiger charge is 2.24. The summed E-state index contributed by atoms with van der Waals surface area (Å²) >= 11 is 6.22. The number of para-hydroxylation sites is 1. The van der Waals surface area contributed by atoms with E-state index < -0.39 is 11.9 Å². The maximum Gasteiger partial charge on any atom is 0.328 e. The Kier molecular flexibility index (Phi) is 8.50. The molecule has 10 heteroatoms. The van der Waals surface area contributed by atoms with Gasteiger partial charge in [-0.3, -0.25) is 0 Å². The summed E-state index contributed by atoms with van der Waals surface area (Å²) in [6.07, 6.45) is 2.12. The second kappa shape index (κ2) is 11.5. The molecule has 0 atom stereocenters. The molecule has 0 saturated carbocycles. The average Bonchev–Trinajstić information content (AvgIpc) is 3.23. The van der Waals surface area contributed by atoms with Gasteiger partial charge in [-0.25, -0.2) is 14.4 Å². The Balaban J connectivity index is 0.000000350. The highest BCUT2D eigenvalue weighted by atomic mass is 35.5. The molecule has 0 radical (unpaired) electrons. The van der Waals surface area contributed by atoms with E-state index in [9.17, 15) is 14.4 Å². The van der Waals surface area contributed by atoms with Crippen LogP contribution in [0.3, 0.4) is 0 Å².